The van der Waals surface area contributed by atoms with E-state index in [1.54, 1.807) is 0 Å². The molecule has 0 saturated heterocycles. The molecule has 0 amide bonds. The third-order valence-corrected chi connectivity index (χ3v) is 12.3. The molecular formula is C51H31N5S. The zero-order valence-electron chi connectivity index (χ0n) is 30.5. The molecular weight excluding hydrogens is 715 g/mol. The van der Waals surface area contributed by atoms with Gasteiger partial charge >= 0.3 is 0 Å². The van der Waals surface area contributed by atoms with Gasteiger partial charge in [-0.3, -0.25) is 0 Å². The van der Waals surface area contributed by atoms with Gasteiger partial charge in [-0.15, -0.1) is 11.3 Å². The fourth-order valence-corrected chi connectivity index (χ4v) is 9.98. The first kappa shape index (κ1) is 31.9. The van der Waals surface area contributed by atoms with Crippen LogP contribution in [0.2, 0.25) is 0 Å². The van der Waals surface area contributed by atoms with Gasteiger partial charge in [-0.25, -0.2) is 15.0 Å². The standard InChI is InChI=1S/C51H31N5S/c1-4-17-32(18-5-1)49-52-50(33-19-6-2-7-20-33)54-51(53-49)34-21-16-24-36(31-34)56-41-29-14-11-26-38(41)44-46(56)43-37-25-10-13-28-40(37)55(35-22-8-3-9-23-35)47(43)45-39-27-12-15-30-42(39)57-48(44)45/h1-31H. The summed E-state index contributed by atoms with van der Waals surface area (Å²) in [7, 11) is 0. The van der Waals surface area contributed by atoms with Gasteiger partial charge in [-0.05, 0) is 42.5 Å². The Hall–Kier alpha value is -7.41. The van der Waals surface area contributed by atoms with Crippen molar-refractivity contribution in [2.24, 2.45) is 0 Å². The minimum atomic E-state index is 0.628. The Bertz CT molecular complexity index is 3450. The highest BCUT2D eigenvalue weighted by Gasteiger charge is 2.27. The number of hydrogen-bond donors (Lipinski definition) is 0. The minimum absolute atomic E-state index is 0.628. The maximum absolute atomic E-state index is 5.11. The van der Waals surface area contributed by atoms with Crippen LogP contribution in [0.1, 0.15) is 0 Å². The molecule has 57 heavy (non-hydrogen) atoms. The van der Waals surface area contributed by atoms with E-state index in [2.05, 4.69) is 137 Å². The number of hydrogen-bond acceptors (Lipinski definition) is 4. The van der Waals surface area contributed by atoms with Crippen LogP contribution in [0, 0.1) is 0 Å². The summed E-state index contributed by atoms with van der Waals surface area (Å²) in [4.78, 5) is 15.2. The van der Waals surface area contributed by atoms with Crippen molar-refractivity contribution in [3.05, 3.63) is 188 Å². The Morgan fingerprint density at radius 2 is 0.789 bits per heavy atom. The first-order chi connectivity index (χ1) is 28.3. The largest absolute Gasteiger partial charge is 0.308 e. The van der Waals surface area contributed by atoms with E-state index in [1.807, 2.05) is 72.0 Å². The van der Waals surface area contributed by atoms with Crippen LogP contribution in [-0.4, -0.2) is 24.1 Å². The van der Waals surface area contributed by atoms with Crippen LogP contribution in [0.15, 0.2) is 188 Å². The molecule has 0 aliphatic heterocycles. The highest BCUT2D eigenvalue weighted by molar-refractivity contribution is 7.27. The van der Waals surface area contributed by atoms with Gasteiger partial charge in [-0.1, -0.05) is 146 Å². The monoisotopic (exact) mass is 745 g/mol. The topological polar surface area (TPSA) is 48.5 Å². The second-order valence-electron chi connectivity index (χ2n) is 14.4. The molecule has 0 aliphatic rings. The molecule has 12 rings (SSSR count). The lowest BCUT2D eigenvalue weighted by Crippen LogP contribution is -2.01. The number of thiophene rings is 1. The van der Waals surface area contributed by atoms with E-state index in [1.165, 1.54) is 58.3 Å². The first-order valence-electron chi connectivity index (χ1n) is 19.1. The van der Waals surface area contributed by atoms with E-state index in [9.17, 15) is 0 Å². The van der Waals surface area contributed by atoms with E-state index >= 15 is 0 Å². The molecule has 4 heterocycles. The number of para-hydroxylation sites is 3. The summed E-state index contributed by atoms with van der Waals surface area (Å²) >= 11 is 1.89. The summed E-state index contributed by atoms with van der Waals surface area (Å²) in [6.45, 7) is 0. The maximum atomic E-state index is 5.11. The fraction of sp³-hybridized carbons (Fsp3) is 0. The molecule has 0 bridgehead atoms. The zero-order chi connectivity index (χ0) is 37.5. The van der Waals surface area contributed by atoms with Crippen LogP contribution in [-0.2, 0) is 0 Å². The van der Waals surface area contributed by atoms with E-state index < -0.39 is 0 Å². The lowest BCUT2D eigenvalue weighted by atomic mass is 10.0. The molecule has 0 spiro atoms. The van der Waals surface area contributed by atoms with Crippen LogP contribution >= 0.6 is 11.3 Å². The van der Waals surface area contributed by atoms with Crippen molar-refractivity contribution in [2.75, 3.05) is 0 Å². The summed E-state index contributed by atoms with van der Waals surface area (Å²) in [6, 6.07) is 66.4. The smallest absolute Gasteiger partial charge is 0.164 e. The average molecular weight is 746 g/mol. The average Bonchev–Trinajstić information content (AvgIpc) is 3.95. The Balaban J connectivity index is 1.21. The molecule has 0 atom stereocenters. The summed E-state index contributed by atoms with van der Waals surface area (Å²) in [5, 5.41) is 7.53. The van der Waals surface area contributed by atoms with E-state index in [4.69, 9.17) is 15.0 Å². The Morgan fingerprint density at radius 3 is 1.42 bits per heavy atom. The van der Waals surface area contributed by atoms with Crippen molar-refractivity contribution < 1.29 is 0 Å². The fourth-order valence-electron chi connectivity index (χ4n) is 8.71. The quantitative estimate of drug-likeness (QED) is 0.176. The molecule has 0 fully saturated rings. The van der Waals surface area contributed by atoms with Crippen molar-refractivity contribution in [3.63, 3.8) is 0 Å². The molecule has 8 aromatic carbocycles. The van der Waals surface area contributed by atoms with Gasteiger partial charge in [0.1, 0.15) is 0 Å². The van der Waals surface area contributed by atoms with Gasteiger partial charge in [0.05, 0.1) is 22.1 Å². The third kappa shape index (κ3) is 4.84. The molecule has 0 saturated carbocycles. The first-order valence-corrected chi connectivity index (χ1v) is 19.9. The highest BCUT2D eigenvalue weighted by Crippen LogP contribution is 2.51. The van der Waals surface area contributed by atoms with E-state index in [0.717, 1.165) is 33.6 Å². The summed E-state index contributed by atoms with van der Waals surface area (Å²) in [5.74, 6) is 1.91. The molecule has 0 radical (unpaired) electrons. The summed E-state index contributed by atoms with van der Waals surface area (Å²) in [5.41, 5.74) is 9.74. The molecule has 4 aromatic heterocycles. The number of nitrogens with zero attached hydrogens (tertiary/aromatic N) is 5. The Morgan fingerprint density at radius 1 is 0.351 bits per heavy atom. The highest BCUT2D eigenvalue weighted by atomic mass is 32.1. The molecule has 266 valence electrons. The molecule has 0 N–H and O–H groups in total. The molecule has 0 unspecified atom stereocenters. The van der Waals surface area contributed by atoms with E-state index in [-0.39, 0.29) is 0 Å². The SMILES string of the molecule is c1ccc(-c2nc(-c3ccccc3)nc(-c3cccc(-n4c5ccccc5c5c6sc7ccccc7c6c6c(c7ccccc7n6-c6ccccc6)c54)c3)n2)cc1. The van der Waals surface area contributed by atoms with Gasteiger partial charge in [0, 0.05) is 69.8 Å². The van der Waals surface area contributed by atoms with Crippen molar-refractivity contribution in [1.82, 2.24) is 24.1 Å². The third-order valence-electron chi connectivity index (χ3n) is 11.1. The van der Waals surface area contributed by atoms with Crippen molar-refractivity contribution >= 4 is 75.1 Å². The van der Waals surface area contributed by atoms with E-state index in [0.29, 0.717) is 17.5 Å². The minimum Gasteiger partial charge on any atom is -0.308 e. The summed E-state index contributed by atoms with van der Waals surface area (Å²) in [6.07, 6.45) is 0. The number of aromatic nitrogens is 5. The van der Waals surface area contributed by atoms with Gasteiger partial charge in [0.25, 0.3) is 0 Å². The predicted octanol–water partition coefficient (Wildman–Crippen LogP) is 13.4. The van der Waals surface area contributed by atoms with Crippen LogP contribution in [0.5, 0.6) is 0 Å². The predicted molar refractivity (Wildman–Crippen MR) is 238 cm³/mol. The number of benzene rings is 8. The maximum Gasteiger partial charge on any atom is 0.164 e. The second-order valence-corrected chi connectivity index (χ2v) is 15.4. The Kier molecular flexibility index (Phi) is 7.03. The lowest BCUT2D eigenvalue weighted by molar-refractivity contribution is 1.07. The van der Waals surface area contributed by atoms with Crippen LogP contribution in [0.25, 0.3) is 109 Å². The lowest BCUT2D eigenvalue weighted by Gasteiger charge is -2.13. The van der Waals surface area contributed by atoms with Crippen LogP contribution in [0.3, 0.4) is 0 Å². The van der Waals surface area contributed by atoms with Gasteiger partial charge in [-0.2, -0.15) is 0 Å². The number of rotatable bonds is 5. The van der Waals surface area contributed by atoms with Gasteiger partial charge < -0.3 is 9.13 Å². The van der Waals surface area contributed by atoms with Crippen LogP contribution < -0.4 is 0 Å². The molecule has 5 nitrogen and oxygen atoms in total. The molecule has 6 heteroatoms. The Labute approximate surface area is 331 Å². The van der Waals surface area contributed by atoms with Gasteiger partial charge in [0.15, 0.2) is 17.5 Å². The van der Waals surface area contributed by atoms with Crippen molar-refractivity contribution in [3.8, 4) is 45.5 Å². The van der Waals surface area contributed by atoms with Crippen molar-refractivity contribution in [1.29, 1.82) is 0 Å². The summed E-state index contributed by atoms with van der Waals surface area (Å²) < 4.78 is 7.52. The van der Waals surface area contributed by atoms with Crippen LogP contribution in [0.4, 0.5) is 0 Å². The molecule has 12 aromatic rings. The molecule has 0 aliphatic carbocycles. The van der Waals surface area contributed by atoms with Crippen molar-refractivity contribution in [2.45, 2.75) is 0 Å². The second kappa shape index (κ2) is 12.6. The zero-order valence-corrected chi connectivity index (χ0v) is 31.4. The van der Waals surface area contributed by atoms with Gasteiger partial charge in [0.2, 0.25) is 0 Å². The normalized spacial score (nSPS) is 11.9. The number of fused-ring (bicyclic) bond motifs is 12.